The Bertz CT molecular complexity index is 1280. The molecule has 3 aromatic rings. The van der Waals surface area contributed by atoms with Crippen LogP contribution in [0.1, 0.15) is 34.3 Å². The summed E-state index contributed by atoms with van der Waals surface area (Å²) in [7, 11) is -3.29. The van der Waals surface area contributed by atoms with Crippen LogP contribution in [0, 0.1) is 0 Å². The second-order valence-corrected chi connectivity index (χ2v) is 10.6. The Morgan fingerprint density at radius 2 is 1.73 bits per heavy atom. The van der Waals surface area contributed by atoms with Crippen LogP contribution in [0.5, 0.6) is 0 Å². The molecule has 0 atom stereocenters. The number of nitrogens with zero attached hydrogens (tertiary/aromatic N) is 1. The van der Waals surface area contributed by atoms with Gasteiger partial charge in [0.25, 0.3) is 5.91 Å². The molecule has 172 valence electrons. The smallest absolute Gasteiger partial charge is 0.258 e. The summed E-state index contributed by atoms with van der Waals surface area (Å²) >= 11 is 12.0. The summed E-state index contributed by atoms with van der Waals surface area (Å²) in [6, 6.07) is 16.1. The first-order valence-electron chi connectivity index (χ1n) is 10.2. The van der Waals surface area contributed by atoms with Gasteiger partial charge in [-0.05, 0) is 54.3 Å². The molecular weight excluding hydrogens is 483 g/mol. The maximum atomic E-state index is 12.8. The lowest BCUT2D eigenvalue weighted by Gasteiger charge is -2.17. The zero-order valence-corrected chi connectivity index (χ0v) is 20.1. The van der Waals surface area contributed by atoms with Crippen LogP contribution in [0.25, 0.3) is 0 Å². The minimum atomic E-state index is -3.29. The van der Waals surface area contributed by atoms with E-state index in [9.17, 15) is 13.2 Å². The first-order valence-corrected chi connectivity index (χ1v) is 12.8. The minimum absolute atomic E-state index is 0.354. The van der Waals surface area contributed by atoms with Gasteiger partial charge in [0, 0.05) is 23.5 Å². The number of nitrogens with one attached hydrogen (secondary N) is 3. The van der Waals surface area contributed by atoms with E-state index in [0.717, 1.165) is 24.0 Å². The van der Waals surface area contributed by atoms with Crippen LogP contribution in [0.3, 0.4) is 0 Å². The van der Waals surface area contributed by atoms with Gasteiger partial charge in [0.1, 0.15) is 5.82 Å². The first kappa shape index (κ1) is 23.5. The maximum Gasteiger partial charge on any atom is 0.258 e. The molecule has 33 heavy (non-hydrogen) atoms. The number of aromatic nitrogens is 1. The van der Waals surface area contributed by atoms with E-state index in [0.29, 0.717) is 33.7 Å². The molecule has 1 aliphatic rings. The number of hydrogen-bond donors (Lipinski definition) is 3. The topological polar surface area (TPSA) is 100 Å². The lowest BCUT2D eigenvalue weighted by molar-refractivity contribution is 0.102. The Balaban J connectivity index is 1.45. The highest BCUT2D eigenvalue weighted by atomic mass is 35.5. The molecule has 1 amide bonds. The molecular formula is C23H22Cl2N4O3S. The van der Waals surface area contributed by atoms with Crippen LogP contribution in [0.2, 0.25) is 10.0 Å². The highest BCUT2D eigenvalue weighted by Gasteiger charge is 2.46. The van der Waals surface area contributed by atoms with Crippen molar-refractivity contribution in [3.8, 4) is 0 Å². The number of amides is 1. The number of hydrogen-bond acceptors (Lipinski definition) is 5. The van der Waals surface area contributed by atoms with Crippen LogP contribution in [0.15, 0.2) is 60.8 Å². The van der Waals surface area contributed by atoms with Crippen LogP contribution in [0.4, 0.5) is 11.5 Å². The van der Waals surface area contributed by atoms with Crippen molar-refractivity contribution in [3.63, 3.8) is 0 Å². The summed E-state index contributed by atoms with van der Waals surface area (Å²) in [6.07, 6.45) is 4.19. The fourth-order valence-corrected chi connectivity index (χ4v) is 4.88. The van der Waals surface area contributed by atoms with Gasteiger partial charge in [-0.2, -0.15) is 0 Å². The Morgan fingerprint density at radius 1 is 1.03 bits per heavy atom. The number of carbonyl (C=O) groups excluding carboxylic acids is 1. The fraction of sp³-hybridized carbons (Fsp3) is 0.217. The SMILES string of the molecule is CS(=O)(=O)NC1(c2ccc(CNc3ccc(Cl)cc3C(=O)Nc3ccc(Cl)cn3)cc2)CC1. The van der Waals surface area contributed by atoms with Crippen LogP contribution >= 0.6 is 23.2 Å². The molecule has 0 unspecified atom stereocenters. The van der Waals surface area contributed by atoms with Crippen LogP contribution in [-0.2, 0) is 22.1 Å². The van der Waals surface area contributed by atoms with E-state index in [2.05, 4.69) is 20.3 Å². The molecule has 0 bridgehead atoms. The molecule has 1 fully saturated rings. The van der Waals surface area contributed by atoms with Crippen molar-refractivity contribution in [2.24, 2.45) is 0 Å². The average Bonchev–Trinajstić information content (AvgIpc) is 3.53. The second kappa shape index (κ2) is 9.30. The molecule has 1 aromatic heterocycles. The zero-order valence-electron chi connectivity index (χ0n) is 17.7. The number of carbonyl (C=O) groups is 1. The molecule has 3 N–H and O–H groups in total. The van der Waals surface area contributed by atoms with Gasteiger partial charge in [-0.1, -0.05) is 47.5 Å². The molecule has 7 nitrogen and oxygen atoms in total. The minimum Gasteiger partial charge on any atom is -0.380 e. The summed E-state index contributed by atoms with van der Waals surface area (Å²) in [5.41, 5.74) is 2.43. The van der Waals surface area contributed by atoms with Crippen molar-refractivity contribution in [2.45, 2.75) is 24.9 Å². The summed E-state index contributed by atoms with van der Waals surface area (Å²) in [6.45, 7) is 0.466. The predicted octanol–water partition coefficient (Wildman–Crippen LogP) is 4.79. The Labute approximate surface area is 202 Å². The number of halogens is 2. The van der Waals surface area contributed by atoms with Crippen molar-refractivity contribution in [2.75, 3.05) is 16.9 Å². The largest absolute Gasteiger partial charge is 0.380 e. The molecule has 0 spiro atoms. The highest BCUT2D eigenvalue weighted by molar-refractivity contribution is 7.88. The van der Waals surface area contributed by atoms with Gasteiger partial charge in [0.05, 0.1) is 22.4 Å². The molecule has 0 saturated heterocycles. The van der Waals surface area contributed by atoms with Gasteiger partial charge >= 0.3 is 0 Å². The van der Waals surface area contributed by atoms with E-state index < -0.39 is 15.6 Å². The van der Waals surface area contributed by atoms with Gasteiger partial charge in [-0.25, -0.2) is 18.1 Å². The molecule has 1 heterocycles. The Kier molecular flexibility index (Phi) is 6.63. The van der Waals surface area contributed by atoms with E-state index in [1.54, 1.807) is 30.3 Å². The van der Waals surface area contributed by atoms with Crippen molar-refractivity contribution >= 4 is 50.6 Å². The third kappa shape index (κ3) is 6.03. The molecule has 0 aliphatic heterocycles. The van der Waals surface area contributed by atoms with Crippen LogP contribution in [-0.4, -0.2) is 25.6 Å². The molecule has 10 heteroatoms. The van der Waals surface area contributed by atoms with E-state index >= 15 is 0 Å². The number of rotatable bonds is 8. The number of anilines is 2. The van der Waals surface area contributed by atoms with Crippen molar-refractivity contribution in [1.29, 1.82) is 0 Å². The van der Waals surface area contributed by atoms with Crippen molar-refractivity contribution in [1.82, 2.24) is 9.71 Å². The van der Waals surface area contributed by atoms with Gasteiger partial charge < -0.3 is 10.6 Å². The van der Waals surface area contributed by atoms with Crippen molar-refractivity contribution < 1.29 is 13.2 Å². The number of benzene rings is 2. The normalized spacial score (nSPS) is 14.5. The highest BCUT2D eigenvalue weighted by Crippen LogP contribution is 2.46. The van der Waals surface area contributed by atoms with Gasteiger partial charge in [0.2, 0.25) is 10.0 Å². The lowest BCUT2D eigenvalue weighted by atomic mass is 10.0. The summed E-state index contributed by atoms with van der Waals surface area (Å²) in [5.74, 6) is 0.0234. The third-order valence-electron chi connectivity index (χ3n) is 5.32. The second-order valence-electron chi connectivity index (χ2n) is 8.01. The third-order valence-corrected chi connectivity index (χ3v) is 6.54. The molecule has 1 saturated carbocycles. The number of sulfonamides is 1. The van der Waals surface area contributed by atoms with E-state index in [1.165, 1.54) is 12.5 Å². The molecule has 1 aliphatic carbocycles. The van der Waals surface area contributed by atoms with E-state index in [-0.39, 0.29) is 5.91 Å². The maximum absolute atomic E-state index is 12.8. The Hall–Kier alpha value is -2.65. The predicted molar refractivity (Wildman–Crippen MR) is 131 cm³/mol. The Morgan fingerprint density at radius 3 is 2.33 bits per heavy atom. The zero-order chi connectivity index (χ0) is 23.6. The van der Waals surface area contributed by atoms with E-state index in [4.69, 9.17) is 23.2 Å². The summed E-state index contributed by atoms with van der Waals surface area (Å²) < 4.78 is 26.0. The monoisotopic (exact) mass is 504 g/mol. The molecule has 0 radical (unpaired) electrons. The quantitative estimate of drug-likeness (QED) is 0.409. The van der Waals surface area contributed by atoms with Gasteiger partial charge in [0.15, 0.2) is 0 Å². The van der Waals surface area contributed by atoms with Crippen LogP contribution < -0.4 is 15.4 Å². The number of pyridine rings is 1. The van der Waals surface area contributed by atoms with Crippen molar-refractivity contribution in [3.05, 3.63) is 87.5 Å². The van der Waals surface area contributed by atoms with Gasteiger partial charge in [-0.3, -0.25) is 4.79 Å². The average molecular weight is 505 g/mol. The summed E-state index contributed by atoms with van der Waals surface area (Å²) in [4.78, 5) is 16.9. The fourth-order valence-electron chi connectivity index (χ4n) is 3.56. The summed E-state index contributed by atoms with van der Waals surface area (Å²) in [5, 5.41) is 6.92. The molecule has 4 rings (SSSR count). The molecule has 2 aromatic carbocycles. The van der Waals surface area contributed by atoms with E-state index in [1.807, 2.05) is 24.3 Å². The van der Waals surface area contributed by atoms with Gasteiger partial charge in [-0.15, -0.1) is 0 Å². The standard InChI is InChI=1S/C23H22Cl2N4O3S/c1-33(31,32)29-23(10-11-23)16-4-2-15(3-5-16)13-26-20-8-6-17(24)12-19(20)22(30)28-21-9-7-18(25)14-27-21/h2-9,12,14,26,29H,10-11,13H2,1H3,(H,27,28,30). The first-order chi connectivity index (χ1) is 15.6. The lowest BCUT2D eigenvalue weighted by Crippen LogP contribution is -2.33.